The molecule has 1 aromatic heterocycles. The number of carbonyl (C=O) groups is 1. The van der Waals surface area contributed by atoms with E-state index in [1.54, 1.807) is 17.9 Å². The fraction of sp³-hybridized carbons (Fsp3) is 0.182. The highest BCUT2D eigenvalue weighted by Gasteiger charge is 2.07. The molecule has 0 unspecified atom stereocenters. The molecule has 0 saturated carbocycles. The molecule has 6 nitrogen and oxygen atoms in total. The van der Waals surface area contributed by atoms with Crippen LogP contribution in [0.1, 0.15) is 12.5 Å². The van der Waals surface area contributed by atoms with Crippen LogP contribution in [0.15, 0.2) is 35.7 Å². The van der Waals surface area contributed by atoms with Crippen molar-refractivity contribution in [2.75, 3.05) is 0 Å². The quantitative estimate of drug-likeness (QED) is 0.457. The lowest BCUT2D eigenvalue weighted by Crippen LogP contribution is -2.19. The minimum absolute atomic E-state index is 0.110. The van der Waals surface area contributed by atoms with Gasteiger partial charge in [-0.15, -0.1) is 0 Å². The molecular weight excluding hydrogens is 220 g/mol. The third-order valence-corrected chi connectivity index (χ3v) is 2.12. The van der Waals surface area contributed by atoms with Gasteiger partial charge in [-0.2, -0.15) is 5.10 Å². The van der Waals surface area contributed by atoms with Crippen molar-refractivity contribution in [1.29, 1.82) is 0 Å². The molecule has 3 N–H and O–H groups in total. The van der Waals surface area contributed by atoms with E-state index >= 15 is 0 Å². The van der Waals surface area contributed by atoms with Crippen LogP contribution in [0, 0.1) is 0 Å². The lowest BCUT2D eigenvalue weighted by Gasteiger charge is -1.98. The maximum Gasteiger partial charge on any atom is 0.338 e. The molecule has 90 valence electrons. The molecule has 0 aliphatic carbocycles. The van der Waals surface area contributed by atoms with Crippen molar-refractivity contribution in [3.8, 4) is 0 Å². The van der Waals surface area contributed by atoms with Crippen LogP contribution >= 0.6 is 0 Å². The number of carboxylic acid groups (broad SMARTS) is 1. The maximum atomic E-state index is 10.6. The highest BCUT2D eigenvalue weighted by atomic mass is 16.4. The first kappa shape index (κ1) is 12.7. The normalized spacial score (nSPS) is 12.6. The van der Waals surface area contributed by atoms with Crippen LogP contribution < -0.4 is 5.73 Å². The summed E-state index contributed by atoms with van der Waals surface area (Å²) in [5, 5.41) is 12.7. The Bertz CT molecular complexity index is 511. The number of nitrogens with zero attached hydrogens (tertiary/aromatic N) is 3. The third-order valence-electron chi connectivity index (χ3n) is 2.12. The van der Waals surface area contributed by atoms with Gasteiger partial charge in [-0.25, -0.2) is 9.79 Å². The minimum atomic E-state index is -1.18. The number of allylic oxidation sites excluding steroid dienone is 1. The summed E-state index contributed by atoms with van der Waals surface area (Å²) < 4.78 is 1.66. The number of rotatable bonds is 4. The summed E-state index contributed by atoms with van der Waals surface area (Å²) in [6.07, 6.45) is 4.99. The van der Waals surface area contributed by atoms with E-state index in [-0.39, 0.29) is 11.4 Å². The first-order valence-corrected chi connectivity index (χ1v) is 4.83. The van der Waals surface area contributed by atoms with Gasteiger partial charge in [0.25, 0.3) is 0 Å². The van der Waals surface area contributed by atoms with Gasteiger partial charge in [-0.05, 0) is 12.5 Å². The lowest BCUT2D eigenvalue weighted by molar-refractivity contribution is -0.132. The number of aryl methyl sites for hydroxylation is 1. The Labute approximate surface area is 98.8 Å². The van der Waals surface area contributed by atoms with E-state index in [0.29, 0.717) is 0 Å². The maximum absolute atomic E-state index is 10.6. The van der Waals surface area contributed by atoms with Gasteiger partial charge in [-0.3, -0.25) is 4.68 Å². The van der Waals surface area contributed by atoms with Crippen LogP contribution in [0.2, 0.25) is 0 Å². The van der Waals surface area contributed by atoms with E-state index in [1.165, 1.54) is 6.20 Å². The molecule has 1 heterocycles. The van der Waals surface area contributed by atoms with Crippen molar-refractivity contribution < 1.29 is 9.90 Å². The molecule has 0 atom stereocenters. The number of carboxylic acids is 1. The Morgan fingerprint density at radius 3 is 2.82 bits per heavy atom. The Balaban J connectivity index is 2.87. The number of hydrogen-bond acceptors (Lipinski definition) is 3. The summed E-state index contributed by atoms with van der Waals surface area (Å²) >= 11 is 0. The summed E-state index contributed by atoms with van der Waals surface area (Å²) in [4.78, 5) is 14.4. The molecule has 6 heteroatoms. The largest absolute Gasteiger partial charge is 0.478 e. The van der Waals surface area contributed by atoms with E-state index in [2.05, 4.69) is 16.7 Å². The van der Waals surface area contributed by atoms with Crippen molar-refractivity contribution in [2.45, 2.75) is 6.92 Å². The summed E-state index contributed by atoms with van der Waals surface area (Å²) in [6.45, 7) is 5.14. The summed E-state index contributed by atoms with van der Waals surface area (Å²) in [6, 6.07) is 0. The predicted molar refractivity (Wildman–Crippen MR) is 65.3 cm³/mol. The van der Waals surface area contributed by atoms with Gasteiger partial charge in [0, 0.05) is 25.0 Å². The van der Waals surface area contributed by atoms with Crippen LogP contribution in [0.25, 0.3) is 5.57 Å². The van der Waals surface area contributed by atoms with Crippen LogP contribution in [-0.2, 0) is 11.8 Å². The third kappa shape index (κ3) is 3.30. The topological polar surface area (TPSA) is 93.5 Å². The van der Waals surface area contributed by atoms with Crippen molar-refractivity contribution in [2.24, 2.45) is 17.8 Å². The molecule has 0 bridgehead atoms. The van der Waals surface area contributed by atoms with E-state index in [1.807, 2.05) is 13.1 Å². The number of aliphatic imine (C=N–C) groups is 1. The zero-order valence-corrected chi connectivity index (χ0v) is 9.71. The number of amidine groups is 1. The molecule has 0 aromatic carbocycles. The van der Waals surface area contributed by atoms with Crippen molar-refractivity contribution in [3.05, 3.63) is 36.3 Å². The van der Waals surface area contributed by atoms with Crippen molar-refractivity contribution in [3.63, 3.8) is 0 Å². The van der Waals surface area contributed by atoms with Crippen LogP contribution in [0.3, 0.4) is 0 Å². The Morgan fingerprint density at radius 2 is 2.35 bits per heavy atom. The van der Waals surface area contributed by atoms with Gasteiger partial charge in [0.15, 0.2) is 0 Å². The SMILES string of the molecule is C=C(C(=O)O)C(N)=N/C=C(\C)c1cnn(C)c1. The highest BCUT2D eigenvalue weighted by Crippen LogP contribution is 2.11. The average Bonchev–Trinajstić information content (AvgIpc) is 2.71. The standard InChI is InChI=1S/C11H14N4O2/c1-7(9-5-14-15(3)6-9)4-13-10(12)8(2)11(16)17/h4-6H,2H2,1,3H3,(H2,12,13)(H,16,17)/b7-4+. The fourth-order valence-corrected chi connectivity index (χ4v) is 1.05. The molecule has 0 amide bonds. The van der Waals surface area contributed by atoms with E-state index in [0.717, 1.165) is 11.1 Å². The number of aliphatic carboxylic acids is 1. The number of aromatic nitrogens is 2. The molecule has 0 fully saturated rings. The minimum Gasteiger partial charge on any atom is -0.478 e. The molecule has 0 saturated heterocycles. The van der Waals surface area contributed by atoms with Crippen LogP contribution in [0.4, 0.5) is 0 Å². The highest BCUT2D eigenvalue weighted by molar-refractivity contribution is 6.17. The molecule has 0 radical (unpaired) electrons. The average molecular weight is 234 g/mol. The Kier molecular flexibility index (Phi) is 3.82. The number of nitrogens with two attached hydrogens (primary N) is 1. The zero-order chi connectivity index (χ0) is 13.0. The molecule has 1 rings (SSSR count). The molecule has 1 aromatic rings. The number of hydrogen-bond donors (Lipinski definition) is 2. The van der Waals surface area contributed by atoms with Gasteiger partial charge in [0.05, 0.1) is 11.8 Å². The molecular formula is C11H14N4O2. The van der Waals surface area contributed by atoms with Gasteiger partial charge in [-0.1, -0.05) is 6.58 Å². The van der Waals surface area contributed by atoms with Gasteiger partial charge < -0.3 is 10.8 Å². The molecule has 0 aliphatic rings. The van der Waals surface area contributed by atoms with Crippen molar-refractivity contribution in [1.82, 2.24) is 9.78 Å². The molecule has 17 heavy (non-hydrogen) atoms. The van der Waals surface area contributed by atoms with Crippen LogP contribution in [-0.4, -0.2) is 26.7 Å². The zero-order valence-electron chi connectivity index (χ0n) is 9.71. The first-order valence-electron chi connectivity index (χ1n) is 4.83. The second kappa shape index (κ2) is 5.11. The van der Waals surface area contributed by atoms with Gasteiger partial charge in [0.1, 0.15) is 5.84 Å². The van der Waals surface area contributed by atoms with E-state index < -0.39 is 5.97 Å². The first-order chi connectivity index (χ1) is 7.91. The predicted octanol–water partition coefficient (Wildman–Crippen LogP) is 0.779. The van der Waals surface area contributed by atoms with E-state index in [4.69, 9.17) is 10.8 Å². The molecule has 0 spiro atoms. The fourth-order valence-electron chi connectivity index (χ4n) is 1.05. The van der Waals surface area contributed by atoms with Gasteiger partial charge >= 0.3 is 5.97 Å². The second-order valence-corrected chi connectivity index (χ2v) is 3.51. The molecule has 0 aliphatic heterocycles. The second-order valence-electron chi connectivity index (χ2n) is 3.51. The lowest BCUT2D eigenvalue weighted by atomic mass is 10.2. The van der Waals surface area contributed by atoms with Crippen molar-refractivity contribution >= 4 is 17.4 Å². The Hall–Kier alpha value is -2.37. The summed E-state index contributed by atoms with van der Waals surface area (Å²) in [5.41, 5.74) is 6.96. The van der Waals surface area contributed by atoms with Crippen LogP contribution in [0.5, 0.6) is 0 Å². The Morgan fingerprint density at radius 1 is 1.71 bits per heavy atom. The van der Waals surface area contributed by atoms with Gasteiger partial charge in [0.2, 0.25) is 0 Å². The monoisotopic (exact) mass is 234 g/mol. The summed E-state index contributed by atoms with van der Waals surface area (Å²) in [5.74, 6) is -1.29. The summed E-state index contributed by atoms with van der Waals surface area (Å²) in [7, 11) is 1.81. The van der Waals surface area contributed by atoms with E-state index in [9.17, 15) is 4.79 Å². The smallest absolute Gasteiger partial charge is 0.338 e.